The van der Waals surface area contributed by atoms with Crippen LogP contribution in [0.25, 0.3) is 11.6 Å². The van der Waals surface area contributed by atoms with Gasteiger partial charge in [0.15, 0.2) is 0 Å². The fourth-order valence-corrected chi connectivity index (χ4v) is 6.60. The van der Waals surface area contributed by atoms with Crippen molar-refractivity contribution < 1.29 is 49.5 Å². The van der Waals surface area contributed by atoms with Crippen molar-refractivity contribution in [3.63, 3.8) is 0 Å². The second-order valence-corrected chi connectivity index (χ2v) is 11.9. The predicted molar refractivity (Wildman–Crippen MR) is 120 cm³/mol. The molecule has 2 aromatic carbocycles. The summed E-state index contributed by atoms with van der Waals surface area (Å²) in [6.07, 6.45) is 15.6. The Kier molecular flexibility index (Phi) is 8.51. The molecule has 0 amide bonds. The van der Waals surface area contributed by atoms with Gasteiger partial charge in [-0.15, -0.1) is 0 Å². The molecule has 0 spiro atoms. The number of halogens is 2. The van der Waals surface area contributed by atoms with Crippen LogP contribution in [0.4, 0.5) is 0 Å². The molecule has 2 aromatic rings. The summed E-state index contributed by atoms with van der Waals surface area (Å²) in [5.74, 6) is 1.37. The first-order valence-corrected chi connectivity index (χ1v) is 12.7. The van der Waals surface area contributed by atoms with Crippen LogP contribution in [-0.2, 0) is 24.7 Å². The number of hydrogen-bond donors (Lipinski definition) is 0. The molecule has 3 aliphatic carbocycles. The van der Waals surface area contributed by atoms with Gasteiger partial charge >= 0.3 is 192 Å². The van der Waals surface area contributed by atoms with E-state index in [0.29, 0.717) is 9.04 Å². The average molecular weight is 530 g/mol. The van der Waals surface area contributed by atoms with E-state index in [1.54, 1.807) is 52.6 Å². The minimum absolute atomic E-state index is 0. The molecule has 5 rings (SSSR count). The Morgan fingerprint density at radius 1 is 0.903 bits per heavy atom. The first-order valence-electron chi connectivity index (χ1n) is 11.5. The SMILES string of the molecule is CC[C]([Zr+2])(CCCC1C=Cc2ccccc21)CCC1C2=C(CC2)c2ccccc21.[Cl-].[Cl-]. The summed E-state index contributed by atoms with van der Waals surface area (Å²) in [7, 11) is 0. The zero-order valence-corrected chi connectivity index (χ0v) is 22.3. The average Bonchev–Trinajstić information content (AvgIpc) is 3.22. The standard InChI is InChI=1S/C28H31.2ClH.Zr/c1-2-20(8-7-10-22-16-15-21-9-3-4-11-23(21)22)14-17-26-24-12-5-6-13-25(24)27-18-19-28(26)27;;;/h3-6,9,11-13,15-16,22,26H,2,7-8,10,14,17-19H2,1H3;2*1H;/q;;;+2/p-2. The molecule has 3 atom stereocenters. The molecule has 0 aromatic heterocycles. The Balaban J connectivity index is 0.00000136. The molecule has 161 valence electrons. The second-order valence-electron chi connectivity index (χ2n) is 9.30. The predicted octanol–water partition coefficient (Wildman–Crippen LogP) is 2.22. The molecule has 3 aliphatic rings. The van der Waals surface area contributed by atoms with Crippen LogP contribution in [0.2, 0.25) is 3.12 Å². The maximum absolute atomic E-state index is 2.43. The molecule has 0 nitrogen and oxygen atoms in total. The van der Waals surface area contributed by atoms with Crippen LogP contribution in [-0.4, -0.2) is 0 Å². The van der Waals surface area contributed by atoms with Crippen LogP contribution in [0.1, 0.15) is 92.4 Å². The minimum atomic E-state index is 0. The molecule has 0 aliphatic heterocycles. The summed E-state index contributed by atoms with van der Waals surface area (Å²) < 4.78 is 0.566. The van der Waals surface area contributed by atoms with E-state index in [1.807, 2.05) is 0 Å². The smallest absolute Gasteiger partial charge is 1.00 e. The van der Waals surface area contributed by atoms with E-state index in [0.717, 1.165) is 5.92 Å². The van der Waals surface area contributed by atoms with Crippen LogP contribution >= 0.6 is 0 Å². The zero-order valence-electron chi connectivity index (χ0n) is 18.3. The van der Waals surface area contributed by atoms with Crippen molar-refractivity contribution in [1.82, 2.24) is 0 Å². The van der Waals surface area contributed by atoms with Gasteiger partial charge in [-0.25, -0.2) is 0 Å². The van der Waals surface area contributed by atoms with Crippen molar-refractivity contribution in [2.45, 2.75) is 73.2 Å². The van der Waals surface area contributed by atoms with E-state index in [2.05, 4.69) is 67.6 Å². The van der Waals surface area contributed by atoms with Gasteiger partial charge in [0.05, 0.1) is 0 Å². The summed E-state index contributed by atoms with van der Waals surface area (Å²) in [5.41, 5.74) is 9.68. The van der Waals surface area contributed by atoms with Gasteiger partial charge in [0.2, 0.25) is 0 Å². The van der Waals surface area contributed by atoms with E-state index < -0.39 is 0 Å². The molecule has 0 radical (unpaired) electrons. The second kappa shape index (κ2) is 10.5. The summed E-state index contributed by atoms with van der Waals surface area (Å²) in [4.78, 5) is 0. The van der Waals surface area contributed by atoms with Gasteiger partial charge in [-0.3, -0.25) is 0 Å². The third-order valence-electron chi connectivity index (χ3n) is 7.78. The number of fused-ring (bicyclic) bond motifs is 3. The van der Waals surface area contributed by atoms with Crippen LogP contribution in [0.3, 0.4) is 0 Å². The van der Waals surface area contributed by atoms with Crippen molar-refractivity contribution in [3.8, 4) is 0 Å². The maximum atomic E-state index is 2.43. The van der Waals surface area contributed by atoms with E-state index in [-0.39, 0.29) is 24.8 Å². The first-order chi connectivity index (χ1) is 14.2. The van der Waals surface area contributed by atoms with E-state index in [4.69, 9.17) is 0 Å². The molecule has 0 saturated carbocycles. The largest absolute Gasteiger partial charge is 1.00 e. The Hall–Kier alpha value is -0.617. The van der Waals surface area contributed by atoms with E-state index in [1.165, 1.54) is 56.9 Å². The van der Waals surface area contributed by atoms with Gasteiger partial charge in [-0.05, 0) is 0 Å². The van der Waals surface area contributed by atoms with Gasteiger partial charge < -0.3 is 24.8 Å². The van der Waals surface area contributed by atoms with Gasteiger partial charge in [0, 0.05) is 0 Å². The van der Waals surface area contributed by atoms with Gasteiger partial charge in [0.25, 0.3) is 0 Å². The number of allylic oxidation sites excluding steroid dienone is 3. The molecule has 0 saturated heterocycles. The normalized spacial score (nSPS) is 21.9. The number of rotatable bonds is 8. The maximum Gasteiger partial charge on any atom is -1.00 e. The number of hydrogen-bond acceptors (Lipinski definition) is 0. The van der Waals surface area contributed by atoms with Crippen molar-refractivity contribution in [1.29, 1.82) is 0 Å². The Morgan fingerprint density at radius 2 is 1.65 bits per heavy atom. The molecule has 0 fully saturated rings. The van der Waals surface area contributed by atoms with Crippen molar-refractivity contribution in [2.75, 3.05) is 0 Å². The fourth-order valence-electron chi connectivity index (χ4n) is 5.81. The quantitative estimate of drug-likeness (QED) is 0.492. The van der Waals surface area contributed by atoms with Crippen molar-refractivity contribution in [3.05, 3.63) is 82.4 Å². The molecular weight excluding hydrogens is 498 g/mol. The molecule has 0 bridgehead atoms. The van der Waals surface area contributed by atoms with Crippen molar-refractivity contribution in [2.24, 2.45) is 0 Å². The topological polar surface area (TPSA) is 0 Å². The fraction of sp³-hybridized carbons (Fsp3) is 0.429. The molecule has 31 heavy (non-hydrogen) atoms. The van der Waals surface area contributed by atoms with Gasteiger partial charge in [-0.1, -0.05) is 0 Å². The third kappa shape index (κ3) is 4.85. The molecule has 0 N–H and O–H groups in total. The third-order valence-corrected chi connectivity index (χ3v) is 9.87. The molecular formula is C28H31Cl2Zr. The van der Waals surface area contributed by atoms with Crippen LogP contribution in [0, 0.1) is 0 Å². The van der Waals surface area contributed by atoms with Crippen LogP contribution < -0.4 is 24.8 Å². The number of benzene rings is 2. The Labute approximate surface area is 215 Å². The summed E-state index contributed by atoms with van der Waals surface area (Å²) in [6, 6.07) is 18.2. The molecule has 3 heteroatoms. The van der Waals surface area contributed by atoms with Gasteiger partial charge in [0.1, 0.15) is 0 Å². The van der Waals surface area contributed by atoms with Crippen LogP contribution in [0.5, 0.6) is 0 Å². The molecule has 0 heterocycles. The Bertz CT molecular complexity index is 976. The van der Waals surface area contributed by atoms with Crippen LogP contribution in [0.15, 0.2) is 60.2 Å². The van der Waals surface area contributed by atoms with Gasteiger partial charge in [-0.2, -0.15) is 0 Å². The van der Waals surface area contributed by atoms with Crippen molar-refractivity contribution >= 4 is 11.6 Å². The summed E-state index contributed by atoms with van der Waals surface area (Å²) in [5, 5.41) is 0. The molecule has 3 unspecified atom stereocenters. The summed E-state index contributed by atoms with van der Waals surface area (Å²) in [6.45, 7) is 2.43. The summed E-state index contributed by atoms with van der Waals surface area (Å²) >= 11 is 1.75. The first kappa shape index (κ1) is 25.0. The minimum Gasteiger partial charge on any atom is -1.00 e. The van der Waals surface area contributed by atoms with E-state index >= 15 is 0 Å². The Morgan fingerprint density at radius 3 is 2.39 bits per heavy atom. The monoisotopic (exact) mass is 527 g/mol. The zero-order chi connectivity index (χ0) is 19.8. The van der Waals surface area contributed by atoms with E-state index in [9.17, 15) is 0 Å².